The fourth-order valence-corrected chi connectivity index (χ4v) is 4.56. The molecule has 0 spiro atoms. The number of ether oxygens (including phenoxy) is 1. The average Bonchev–Trinajstić information content (AvgIpc) is 3.50. The van der Waals surface area contributed by atoms with Crippen LogP contribution in [0.25, 0.3) is 5.69 Å². The first-order valence-electron chi connectivity index (χ1n) is 11.5. The van der Waals surface area contributed by atoms with E-state index in [0.29, 0.717) is 11.3 Å². The lowest BCUT2D eigenvalue weighted by atomic mass is 9.99. The van der Waals surface area contributed by atoms with Crippen molar-refractivity contribution in [1.82, 2.24) is 19.0 Å². The summed E-state index contributed by atoms with van der Waals surface area (Å²) in [5.41, 5.74) is 0.510. The smallest absolute Gasteiger partial charge is 0.416 e. The molecule has 1 amide bonds. The molecule has 2 atom stereocenters. The van der Waals surface area contributed by atoms with Gasteiger partial charge in [0.2, 0.25) is 0 Å². The molecule has 35 heavy (non-hydrogen) atoms. The Morgan fingerprint density at radius 3 is 2.51 bits per heavy atom. The van der Waals surface area contributed by atoms with Crippen molar-refractivity contribution >= 4 is 5.91 Å². The number of alkyl halides is 3. The molecule has 2 aliphatic rings. The van der Waals surface area contributed by atoms with E-state index in [0.717, 1.165) is 30.7 Å². The number of amides is 1. The molecule has 2 unspecified atom stereocenters. The molecular weight excluding hydrogens is 461 g/mol. The van der Waals surface area contributed by atoms with Gasteiger partial charge < -0.3 is 18.8 Å². The zero-order valence-corrected chi connectivity index (χ0v) is 19.5. The monoisotopic (exact) mass is 486 g/mol. The van der Waals surface area contributed by atoms with Crippen LogP contribution in [0.15, 0.2) is 47.7 Å². The molecule has 0 bridgehead atoms. The molecule has 1 aliphatic heterocycles. The van der Waals surface area contributed by atoms with Crippen molar-refractivity contribution in [2.45, 2.75) is 64.5 Å². The number of hydrogen-bond acceptors (Lipinski definition) is 4. The molecule has 3 aromatic rings. The van der Waals surface area contributed by atoms with Crippen LogP contribution in [0.1, 0.15) is 60.0 Å². The Kier molecular flexibility index (Phi) is 5.49. The number of nitrogens with zero attached hydrogens (tertiary/aromatic N) is 4. The van der Waals surface area contributed by atoms with Crippen LogP contribution in [0.3, 0.4) is 0 Å². The number of carbonyl (C=O) groups excluding carboxylic acids is 1. The number of pyridine rings is 1. The van der Waals surface area contributed by atoms with E-state index in [9.17, 15) is 22.8 Å². The number of hydrogen-bond donors (Lipinski definition) is 0. The van der Waals surface area contributed by atoms with Crippen LogP contribution in [0, 0.1) is 6.92 Å². The first-order valence-corrected chi connectivity index (χ1v) is 11.5. The van der Waals surface area contributed by atoms with Gasteiger partial charge in [0.05, 0.1) is 29.7 Å². The second-order valence-corrected chi connectivity index (χ2v) is 9.29. The Balaban J connectivity index is 1.50. The van der Waals surface area contributed by atoms with Crippen molar-refractivity contribution in [2.24, 2.45) is 0 Å². The number of rotatable bonds is 5. The highest BCUT2D eigenvalue weighted by Gasteiger charge is 2.37. The molecule has 10 heteroatoms. The molecule has 7 nitrogen and oxygen atoms in total. The summed E-state index contributed by atoms with van der Waals surface area (Å²) in [7, 11) is 0. The molecule has 1 aliphatic carbocycles. The average molecular weight is 486 g/mol. The van der Waals surface area contributed by atoms with Gasteiger partial charge >= 0.3 is 6.18 Å². The quantitative estimate of drug-likeness (QED) is 0.532. The fourth-order valence-electron chi connectivity index (χ4n) is 4.56. The summed E-state index contributed by atoms with van der Waals surface area (Å²) in [5.74, 6) is -0.262. The third kappa shape index (κ3) is 4.33. The first kappa shape index (κ1) is 23.2. The maximum absolute atomic E-state index is 13.6. The summed E-state index contributed by atoms with van der Waals surface area (Å²) in [6.45, 7) is 5.51. The summed E-state index contributed by atoms with van der Waals surface area (Å²) < 4.78 is 49.5. The lowest BCUT2D eigenvalue weighted by Gasteiger charge is -2.40. The second-order valence-electron chi connectivity index (χ2n) is 9.29. The zero-order chi connectivity index (χ0) is 25.1. The van der Waals surface area contributed by atoms with Crippen molar-refractivity contribution in [2.75, 3.05) is 0 Å². The Hall–Kier alpha value is -3.56. The van der Waals surface area contributed by atoms with Gasteiger partial charge in [0, 0.05) is 18.8 Å². The molecule has 1 fully saturated rings. The van der Waals surface area contributed by atoms with E-state index >= 15 is 0 Å². The minimum atomic E-state index is -4.54. The summed E-state index contributed by atoms with van der Waals surface area (Å²) in [5, 5.41) is 0. The first-order chi connectivity index (χ1) is 16.5. The SMILES string of the molecule is Cc1cn(-c2ccc3n(c2=O)CC(C)N(C(C)c2cc(OC4CC4)cc(C(F)(F)F)c2)C3=O)cn1. The highest BCUT2D eigenvalue weighted by atomic mass is 19.4. The molecule has 0 N–H and O–H groups in total. The van der Waals surface area contributed by atoms with E-state index in [1.54, 1.807) is 42.8 Å². The largest absolute Gasteiger partial charge is 0.490 e. The van der Waals surface area contributed by atoms with Gasteiger partial charge in [-0.1, -0.05) is 0 Å². The van der Waals surface area contributed by atoms with Crippen LogP contribution in [-0.4, -0.2) is 37.1 Å². The fraction of sp³-hybridized carbons (Fsp3) is 0.400. The van der Waals surface area contributed by atoms with Gasteiger partial charge in [0.1, 0.15) is 17.1 Å². The van der Waals surface area contributed by atoms with Gasteiger partial charge in [0.15, 0.2) is 0 Å². The van der Waals surface area contributed by atoms with E-state index in [1.165, 1.54) is 15.8 Å². The number of aromatic nitrogens is 3. The second kappa shape index (κ2) is 8.28. The van der Waals surface area contributed by atoms with E-state index in [1.807, 2.05) is 6.92 Å². The topological polar surface area (TPSA) is 69.4 Å². The number of imidazole rings is 1. The van der Waals surface area contributed by atoms with Crippen LogP contribution in [0.2, 0.25) is 0 Å². The molecule has 0 radical (unpaired) electrons. The van der Waals surface area contributed by atoms with Crippen molar-refractivity contribution < 1.29 is 22.7 Å². The normalized spacial score (nSPS) is 19.0. The number of aryl methyl sites for hydroxylation is 1. The van der Waals surface area contributed by atoms with Crippen LogP contribution in [-0.2, 0) is 12.7 Å². The number of fused-ring (bicyclic) bond motifs is 1. The molecule has 184 valence electrons. The van der Waals surface area contributed by atoms with E-state index in [-0.39, 0.29) is 29.7 Å². The minimum Gasteiger partial charge on any atom is -0.490 e. The zero-order valence-electron chi connectivity index (χ0n) is 19.5. The maximum atomic E-state index is 13.6. The van der Waals surface area contributed by atoms with Crippen LogP contribution in [0.4, 0.5) is 13.2 Å². The standard InChI is InChI=1S/C25H25F3N4O3/c1-14-11-30(13-29-14)21-6-7-22-24(34)32(15(2)12-31(22)23(21)33)16(3)17-8-18(25(26,27)28)10-20(9-17)35-19-4-5-19/h6-11,13,15-16,19H,4-5,12H2,1-3H3. The Morgan fingerprint density at radius 1 is 1.14 bits per heavy atom. The maximum Gasteiger partial charge on any atom is 0.416 e. The molecule has 1 aromatic carbocycles. The molecule has 0 saturated heterocycles. The lowest BCUT2D eigenvalue weighted by Crippen LogP contribution is -2.50. The summed E-state index contributed by atoms with van der Waals surface area (Å²) in [4.78, 5) is 32.3. The minimum absolute atomic E-state index is 0.0654. The third-order valence-corrected chi connectivity index (χ3v) is 6.50. The van der Waals surface area contributed by atoms with E-state index < -0.39 is 29.7 Å². The summed E-state index contributed by atoms with van der Waals surface area (Å²) in [6.07, 6.45) is 0.280. The highest BCUT2D eigenvalue weighted by Crippen LogP contribution is 2.38. The Morgan fingerprint density at radius 2 is 1.89 bits per heavy atom. The molecule has 5 rings (SSSR count). The number of benzene rings is 1. The van der Waals surface area contributed by atoms with Gasteiger partial charge in [-0.15, -0.1) is 0 Å². The predicted molar refractivity (Wildman–Crippen MR) is 122 cm³/mol. The van der Waals surface area contributed by atoms with Crippen molar-refractivity contribution in [3.8, 4) is 11.4 Å². The van der Waals surface area contributed by atoms with Crippen molar-refractivity contribution in [3.63, 3.8) is 0 Å². The van der Waals surface area contributed by atoms with Crippen molar-refractivity contribution in [3.05, 3.63) is 75.7 Å². The van der Waals surface area contributed by atoms with Crippen LogP contribution < -0.4 is 10.3 Å². The molecule has 2 aromatic heterocycles. The Labute approximate surface area is 199 Å². The van der Waals surface area contributed by atoms with Crippen molar-refractivity contribution in [1.29, 1.82) is 0 Å². The van der Waals surface area contributed by atoms with Gasteiger partial charge in [-0.25, -0.2) is 4.98 Å². The molecule has 1 saturated carbocycles. The van der Waals surface area contributed by atoms with E-state index in [2.05, 4.69) is 4.98 Å². The van der Waals surface area contributed by atoms with Crippen LogP contribution in [0.5, 0.6) is 5.75 Å². The highest BCUT2D eigenvalue weighted by molar-refractivity contribution is 5.94. The van der Waals surface area contributed by atoms with Gasteiger partial charge in [-0.2, -0.15) is 13.2 Å². The van der Waals surface area contributed by atoms with E-state index in [4.69, 9.17) is 4.74 Å². The summed E-state index contributed by atoms with van der Waals surface area (Å²) >= 11 is 0. The molecule has 3 heterocycles. The molecular formula is C25H25F3N4O3. The number of halogens is 3. The lowest BCUT2D eigenvalue weighted by molar-refractivity contribution is -0.137. The van der Waals surface area contributed by atoms with Crippen LogP contribution >= 0.6 is 0 Å². The third-order valence-electron chi connectivity index (χ3n) is 6.50. The summed E-state index contributed by atoms with van der Waals surface area (Å²) in [6, 6.07) is 5.70. The van der Waals surface area contributed by atoms with Gasteiger partial charge in [0.25, 0.3) is 11.5 Å². The van der Waals surface area contributed by atoms with Gasteiger partial charge in [-0.3, -0.25) is 9.59 Å². The van der Waals surface area contributed by atoms with Gasteiger partial charge in [-0.05, 0) is 69.5 Å². The predicted octanol–water partition coefficient (Wildman–Crippen LogP) is 4.51. The number of carbonyl (C=O) groups is 1. The Bertz CT molecular complexity index is 1360.